The van der Waals surface area contributed by atoms with Gasteiger partial charge in [0, 0.05) is 23.1 Å². The van der Waals surface area contributed by atoms with Gasteiger partial charge in [-0.05, 0) is 73.7 Å². The van der Waals surface area contributed by atoms with E-state index >= 15 is 0 Å². The minimum atomic E-state index is -0.0456. The molecule has 1 amide bonds. The number of benzene rings is 3. The summed E-state index contributed by atoms with van der Waals surface area (Å²) in [4.78, 5) is 22.7. The summed E-state index contributed by atoms with van der Waals surface area (Å²) in [5, 5.41) is 0. The molecule has 39 heavy (non-hydrogen) atoms. The van der Waals surface area contributed by atoms with E-state index in [-0.39, 0.29) is 18.0 Å². The molecule has 3 aliphatic rings. The standard InChI is InChI=1S/C34H37N3O2/c38-33-32(39-34(35-27-13-5-1-6-14-27)37(33)30-19-11-4-12-20-30)25-26-21-23-31(24-22-26)36(28-15-7-2-8-16-28)29-17-9-3-10-18-29/h2-3,7-10,15-18,21-25,27,30H,1,4-6,11-14,19-20H2/b32-25+,35-34?. The van der Waals surface area contributed by atoms with Crippen LogP contribution >= 0.6 is 0 Å². The summed E-state index contributed by atoms with van der Waals surface area (Å²) in [6, 6.07) is 30.0. The molecule has 2 saturated carbocycles. The summed E-state index contributed by atoms with van der Waals surface area (Å²) < 4.78 is 6.24. The minimum Gasteiger partial charge on any atom is -0.420 e. The highest BCUT2D eigenvalue weighted by molar-refractivity contribution is 6.11. The maximum Gasteiger partial charge on any atom is 0.300 e. The molecule has 0 unspecified atom stereocenters. The van der Waals surface area contributed by atoms with Crippen LogP contribution in [0.5, 0.6) is 0 Å². The van der Waals surface area contributed by atoms with E-state index in [1.165, 1.54) is 25.7 Å². The SMILES string of the molecule is O=C1/C(=C\c2ccc(N(c3ccccc3)c3ccccc3)cc2)OC(=NC2CCCCC2)N1C1CCCCC1. The van der Waals surface area contributed by atoms with Gasteiger partial charge in [-0.1, -0.05) is 87.1 Å². The van der Waals surface area contributed by atoms with E-state index in [4.69, 9.17) is 9.73 Å². The number of para-hydroxylation sites is 2. The molecule has 3 aromatic rings. The molecule has 0 radical (unpaired) electrons. The zero-order valence-electron chi connectivity index (χ0n) is 22.5. The van der Waals surface area contributed by atoms with Gasteiger partial charge in [-0.15, -0.1) is 0 Å². The smallest absolute Gasteiger partial charge is 0.300 e. The van der Waals surface area contributed by atoms with Crippen LogP contribution in [0.3, 0.4) is 0 Å². The molecule has 5 nitrogen and oxygen atoms in total. The Kier molecular flexibility index (Phi) is 7.75. The highest BCUT2D eigenvalue weighted by Crippen LogP contribution is 2.35. The molecule has 0 spiro atoms. The Hall–Kier alpha value is -3.86. The number of hydrogen-bond acceptors (Lipinski definition) is 4. The van der Waals surface area contributed by atoms with E-state index in [2.05, 4.69) is 77.7 Å². The summed E-state index contributed by atoms with van der Waals surface area (Å²) in [6.45, 7) is 0. The van der Waals surface area contributed by atoms with Crippen LogP contribution < -0.4 is 4.90 Å². The second-order valence-corrected chi connectivity index (χ2v) is 10.9. The van der Waals surface area contributed by atoms with Crippen LogP contribution in [0, 0.1) is 0 Å². The van der Waals surface area contributed by atoms with Crippen molar-refractivity contribution in [1.82, 2.24) is 4.90 Å². The highest BCUT2D eigenvalue weighted by atomic mass is 16.5. The molecule has 3 aromatic carbocycles. The molecule has 3 fully saturated rings. The first kappa shape index (κ1) is 25.4. The molecule has 5 heteroatoms. The summed E-state index contributed by atoms with van der Waals surface area (Å²) in [7, 11) is 0. The Morgan fingerprint density at radius 2 is 1.23 bits per heavy atom. The first-order valence-corrected chi connectivity index (χ1v) is 14.6. The zero-order chi connectivity index (χ0) is 26.4. The molecule has 6 rings (SSSR count). The van der Waals surface area contributed by atoms with Crippen LogP contribution in [0.25, 0.3) is 6.08 Å². The molecule has 2 aliphatic carbocycles. The van der Waals surface area contributed by atoms with E-state index < -0.39 is 0 Å². The molecule has 0 bridgehead atoms. The van der Waals surface area contributed by atoms with Crippen molar-refractivity contribution in [3.63, 3.8) is 0 Å². The topological polar surface area (TPSA) is 45.1 Å². The maximum absolute atomic E-state index is 13.6. The van der Waals surface area contributed by atoms with Gasteiger partial charge in [0.1, 0.15) is 0 Å². The molecule has 1 saturated heterocycles. The van der Waals surface area contributed by atoms with Crippen molar-refractivity contribution in [1.29, 1.82) is 0 Å². The average molecular weight is 520 g/mol. The van der Waals surface area contributed by atoms with E-state index in [1.54, 1.807) is 0 Å². The van der Waals surface area contributed by atoms with Crippen molar-refractivity contribution in [2.75, 3.05) is 4.90 Å². The number of anilines is 3. The van der Waals surface area contributed by atoms with Crippen LogP contribution in [-0.2, 0) is 9.53 Å². The molecule has 1 heterocycles. The van der Waals surface area contributed by atoms with Crippen molar-refractivity contribution >= 4 is 35.1 Å². The Bertz CT molecular complexity index is 1270. The number of rotatable bonds is 6. The minimum absolute atomic E-state index is 0.0456. The summed E-state index contributed by atoms with van der Waals surface area (Å²) in [5.74, 6) is 0.335. The van der Waals surface area contributed by atoms with Crippen molar-refractivity contribution in [3.05, 3.63) is 96.3 Å². The lowest BCUT2D eigenvalue weighted by molar-refractivity contribution is -0.124. The monoisotopic (exact) mass is 519 g/mol. The van der Waals surface area contributed by atoms with Gasteiger partial charge in [-0.2, -0.15) is 0 Å². The zero-order valence-corrected chi connectivity index (χ0v) is 22.5. The lowest BCUT2D eigenvalue weighted by atomic mass is 9.94. The first-order valence-electron chi connectivity index (χ1n) is 14.6. The van der Waals surface area contributed by atoms with Crippen LogP contribution in [0.4, 0.5) is 17.1 Å². The lowest BCUT2D eigenvalue weighted by Crippen LogP contribution is -2.41. The third kappa shape index (κ3) is 5.78. The fraction of sp³-hybridized carbons (Fsp3) is 0.353. The van der Waals surface area contributed by atoms with Crippen LogP contribution in [0.2, 0.25) is 0 Å². The van der Waals surface area contributed by atoms with Crippen molar-refractivity contribution < 1.29 is 9.53 Å². The average Bonchev–Trinajstić information content (AvgIpc) is 3.30. The molecule has 200 valence electrons. The van der Waals surface area contributed by atoms with Gasteiger partial charge in [0.2, 0.25) is 0 Å². The van der Waals surface area contributed by atoms with Gasteiger partial charge in [0.05, 0.1) is 6.04 Å². The summed E-state index contributed by atoms with van der Waals surface area (Å²) >= 11 is 0. The fourth-order valence-corrected chi connectivity index (χ4v) is 6.08. The Morgan fingerprint density at radius 3 is 1.82 bits per heavy atom. The summed E-state index contributed by atoms with van der Waals surface area (Å²) in [6.07, 6.45) is 13.3. The molecular formula is C34H37N3O2. The van der Waals surface area contributed by atoms with Crippen LogP contribution in [-0.4, -0.2) is 28.9 Å². The number of carbonyl (C=O) groups excluding carboxylic acids is 1. The molecule has 0 atom stereocenters. The van der Waals surface area contributed by atoms with Gasteiger partial charge in [-0.25, -0.2) is 4.99 Å². The number of nitrogens with zero attached hydrogens (tertiary/aromatic N) is 3. The van der Waals surface area contributed by atoms with Gasteiger partial charge in [-0.3, -0.25) is 9.69 Å². The van der Waals surface area contributed by atoms with E-state index in [0.29, 0.717) is 11.8 Å². The van der Waals surface area contributed by atoms with Crippen molar-refractivity contribution in [2.45, 2.75) is 76.3 Å². The van der Waals surface area contributed by atoms with Crippen LogP contribution in [0.15, 0.2) is 95.7 Å². The molecule has 1 aliphatic heterocycles. The van der Waals surface area contributed by atoms with Gasteiger partial charge in [0.15, 0.2) is 5.76 Å². The molecule has 0 N–H and O–H groups in total. The Balaban J connectivity index is 1.28. The largest absolute Gasteiger partial charge is 0.420 e. The number of aliphatic imine (C=N–C) groups is 1. The maximum atomic E-state index is 13.6. The predicted octanol–water partition coefficient (Wildman–Crippen LogP) is 8.38. The third-order valence-corrected chi connectivity index (χ3v) is 8.12. The number of hydrogen-bond donors (Lipinski definition) is 0. The predicted molar refractivity (Wildman–Crippen MR) is 158 cm³/mol. The second-order valence-electron chi connectivity index (χ2n) is 10.9. The van der Waals surface area contributed by atoms with Crippen LogP contribution in [0.1, 0.15) is 69.8 Å². The van der Waals surface area contributed by atoms with Gasteiger partial charge >= 0.3 is 6.02 Å². The quantitative estimate of drug-likeness (QED) is 0.307. The number of amidine groups is 1. The Labute approximate surface area is 231 Å². The normalized spacial score (nSPS) is 20.9. The Morgan fingerprint density at radius 1 is 0.692 bits per heavy atom. The highest BCUT2D eigenvalue weighted by Gasteiger charge is 2.40. The molecule has 0 aromatic heterocycles. The van der Waals surface area contributed by atoms with E-state index in [1.807, 2.05) is 23.1 Å². The number of ether oxygens (including phenoxy) is 1. The van der Waals surface area contributed by atoms with Crippen molar-refractivity contribution in [2.24, 2.45) is 4.99 Å². The second kappa shape index (κ2) is 11.9. The third-order valence-electron chi connectivity index (χ3n) is 8.12. The van der Waals surface area contributed by atoms with Gasteiger partial charge in [0.25, 0.3) is 5.91 Å². The van der Waals surface area contributed by atoms with E-state index in [9.17, 15) is 4.79 Å². The van der Waals surface area contributed by atoms with Gasteiger partial charge < -0.3 is 9.64 Å². The summed E-state index contributed by atoms with van der Waals surface area (Å²) in [5.41, 5.74) is 4.17. The fourth-order valence-electron chi connectivity index (χ4n) is 6.08. The number of amides is 1. The lowest BCUT2D eigenvalue weighted by Gasteiger charge is -2.29. The number of carbonyl (C=O) groups is 1. The first-order chi connectivity index (χ1) is 19.3. The molecular weight excluding hydrogens is 482 g/mol. The van der Waals surface area contributed by atoms with Crippen molar-refractivity contribution in [3.8, 4) is 0 Å². The van der Waals surface area contributed by atoms with E-state index in [0.717, 1.165) is 61.2 Å².